The van der Waals surface area contributed by atoms with Crippen LogP contribution in [0.3, 0.4) is 0 Å². The summed E-state index contributed by atoms with van der Waals surface area (Å²) in [6.07, 6.45) is -2.46. The molecular weight excluding hydrogens is 243 g/mol. The molecule has 3 rings (SSSR count). The van der Waals surface area contributed by atoms with Gasteiger partial charge in [-0.05, 0) is 36.5 Å². The summed E-state index contributed by atoms with van der Waals surface area (Å²) < 4.78 is 38.7. The van der Waals surface area contributed by atoms with Crippen molar-refractivity contribution in [2.45, 2.75) is 24.9 Å². The van der Waals surface area contributed by atoms with Gasteiger partial charge in [-0.1, -0.05) is 6.07 Å². The molecule has 1 aromatic carbocycles. The topological polar surface area (TPSA) is 51.8 Å². The first kappa shape index (κ1) is 11.3. The second-order valence-corrected chi connectivity index (χ2v) is 4.48. The summed E-state index contributed by atoms with van der Waals surface area (Å²) in [6, 6.07) is 4.93. The van der Waals surface area contributed by atoms with E-state index in [0.717, 1.165) is 18.4 Å². The first-order valence-electron chi connectivity index (χ1n) is 5.59. The molecule has 1 aliphatic rings. The van der Waals surface area contributed by atoms with Gasteiger partial charge in [0.1, 0.15) is 0 Å². The summed E-state index contributed by atoms with van der Waals surface area (Å²) in [5.41, 5.74) is 5.51. The molecule has 1 fully saturated rings. The average molecular weight is 253 g/mol. The molecule has 0 unspecified atom stereocenters. The van der Waals surface area contributed by atoms with Crippen molar-refractivity contribution in [2.75, 3.05) is 5.73 Å². The van der Waals surface area contributed by atoms with Crippen molar-refractivity contribution in [3.05, 3.63) is 29.5 Å². The molecule has 0 atom stereocenters. The van der Waals surface area contributed by atoms with Gasteiger partial charge >= 0.3 is 6.18 Å². The van der Waals surface area contributed by atoms with Crippen LogP contribution in [0.4, 0.5) is 19.1 Å². The SMILES string of the molecule is Nc1nc(C(F)(F)F)c2cc(C3CC3)ccc2n1. The van der Waals surface area contributed by atoms with E-state index in [0.29, 0.717) is 5.92 Å². The number of alkyl halides is 3. The van der Waals surface area contributed by atoms with Crippen molar-refractivity contribution in [2.24, 2.45) is 0 Å². The maximum absolute atomic E-state index is 12.9. The fourth-order valence-corrected chi connectivity index (χ4v) is 2.05. The second-order valence-electron chi connectivity index (χ2n) is 4.48. The number of nitrogen functional groups attached to an aromatic ring is 1. The largest absolute Gasteiger partial charge is 0.434 e. The highest BCUT2D eigenvalue weighted by Gasteiger charge is 2.36. The Hall–Kier alpha value is -1.85. The van der Waals surface area contributed by atoms with Gasteiger partial charge < -0.3 is 5.73 Å². The normalized spacial score (nSPS) is 16.2. The lowest BCUT2D eigenvalue weighted by Crippen LogP contribution is -2.11. The monoisotopic (exact) mass is 253 g/mol. The number of nitrogens with two attached hydrogens (primary N) is 1. The van der Waals surface area contributed by atoms with E-state index in [1.54, 1.807) is 6.07 Å². The van der Waals surface area contributed by atoms with E-state index in [-0.39, 0.29) is 16.9 Å². The van der Waals surface area contributed by atoms with E-state index in [1.807, 2.05) is 6.07 Å². The number of hydrogen-bond donors (Lipinski definition) is 1. The van der Waals surface area contributed by atoms with E-state index in [4.69, 9.17) is 5.73 Å². The average Bonchev–Trinajstić information content (AvgIpc) is 3.10. The van der Waals surface area contributed by atoms with Gasteiger partial charge in [0.15, 0.2) is 5.69 Å². The standard InChI is InChI=1S/C12H10F3N3/c13-12(14,15)10-8-5-7(6-1-2-6)3-4-9(8)17-11(16)18-10/h3-6H,1-2H2,(H2,16,17,18). The summed E-state index contributed by atoms with van der Waals surface area (Å²) in [5.74, 6) is 0.0297. The number of rotatable bonds is 1. The zero-order valence-electron chi connectivity index (χ0n) is 9.33. The minimum Gasteiger partial charge on any atom is -0.368 e. The summed E-state index contributed by atoms with van der Waals surface area (Å²) >= 11 is 0. The van der Waals surface area contributed by atoms with Crippen LogP contribution in [0.2, 0.25) is 0 Å². The Labute approximate surface area is 101 Å². The smallest absolute Gasteiger partial charge is 0.368 e. The zero-order chi connectivity index (χ0) is 12.9. The summed E-state index contributed by atoms with van der Waals surface area (Å²) in [6.45, 7) is 0. The van der Waals surface area contributed by atoms with Gasteiger partial charge in [-0.15, -0.1) is 0 Å². The van der Waals surface area contributed by atoms with Gasteiger partial charge in [-0.25, -0.2) is 9.97 Å². The predicted molar refractivity (Wildman–Crippen MR) is 60.9 cm³/mol. The van der Waals surface area contributed by atoms with E-state index >= 15 is 0 Å². The summed E-state index contributed by atoms with van der Waals surface area (Å²) in [4.78, 5) is 7.17. The molecule has 3 nitrogen and oxygen atoms in total. The fraction of sp³-hybridized carbons (Fsp3) is 0.333. The molecule has 2 aromatic rings. The van der Waals surface area contributed by atoms with Gasteiger partial charge in [0.25, 0.3) is 0 Å². The maximum atomic E-state index is 12.9. The number of aromatic nitrogens is 2. The van der Waals surface area contributed by atoms with Crippen LogP contribution in [0.1, 0.15) is 30.0 Å². The lowest BCUT2D eigenvalue weighted by Gasteiger charge is -2.10. The van der Waals surface area contributed by atoms with Crippen molar-refractivity contribution in [3.63, 3.8) is 0 Å². The molecule has 0 radical (unpaired) electrons. The minimum atomic E-state index is -4.52. The zero-order valence-corrected chi connectivity index (χ0v) is 9.33. The van der Waals surface area contributed by atoms with E-state index in [1.165, 1.54) is 6.07 Å². The van der Waals surface area contributed by atoms with Gasteiger partial charge in [0.05, 0.1) is 5.52 Å². The van der Waals surface area contributed by atoms with Gasteiger partial charge in [0.2, 0.25) is 5.95 Å². The highest BCUT2D eigenvalue weighted by Crippen LogP contribution is 2.42. The van der Waals surface area contributed by atoms with Crippen molar-refractivity contribution in [1.82, 2.24) is 9.97 Å². The Kier molecular flexibility index (Phi) is 2.23. The third-order valence-electron chi connectivity index (χ3n) is 3.05. The first-order chi connectivity index (χ1) is 8.45. The number of fused-ring (bicyclic) bond motifs is 1. The molecule has 1 aliphatic carbocycles. The van der Waals surface area contributed by atoms with Crippen LogP contribution in [0, 0.1) is 0 Å². The first-order valence-corrected chi connectivity index (χ1v) is 5.59. The van der Waals surface area contributed by atoms with Crippen molar-refractivity contribution in [3.8, 4) is 0 Å². The third-order valence-corrected chi connectivity index (χ3v) is 3.05. The van der Waals surface area contributed by atoms with Gasteiger partial charge in [-0.2, -0.15) is 13.2 Å². The predicted octanol–water partition coefficient (Wildman–Crippen LogP) is 3.11. The quantitative estimate of drug-likeness (QED) is 0.849. The Balaban J connectivity index is 2.27. The van der Waals surface area contributed by atoms with Crippen LogP contribution in [-0.4, -0.2) is 9.97 Å². The van der Waals surface area contributed by atoms with Crippen molar-refractivity contribution in [1.29, 1.82) is 0 Å². The molecular formula is C12H10F3N3. The molecule has 0 amide bonds. The van der Waals surface area contributed by atoms with E-state index in [2.05, 4.69) is 9.97 Å². The molecule has 1 saturated carbocycles. The molecule has 6 heteroatoms. The molecule has 2 N–H and O–H groups in total. The fourth-order valence-electron chi connectivity index (χ4n) is 2.05. The number of nitrogens with zero attached hydrogens (tertiary/aromatic N) is 2. The lowest BCUT2D eigenvalue weighted by molar-refractivity contribution is -0.139. The van der Waals surface area contributed by atoms with Crippen LogP contribution >= 0.6 is 0 Å². The van der Waals surface area contributed by atoms with Crippen LogP contribution in [0.15, 0.2) is 18.2 Å². The van der Waals surface area contributed by atoms with Crippen LogP contribution in [-0.2, 0) is 6.18 Å². The molecule has 0 spiro atoms. The molecule has 1 heterocycles. The Bertz CT molecular complexity index is 618. The lowest BCUT2D eigenvalue weighted by atomic mass is 10.1. The summed E-state index contributed by atoms with van der Waals surface area (Å²) in [5, 5.41) is 0.0288. The molecule has 1 aromatic heterocycles. The Morgan fingerprint density at radius 1 is 1.17 bits per heavy atom. The van der Waals surface area contributed by atoms with Gasteiger partial charge in [0, 0.05) is 5.39 Å². The van der Waals surface area contributed by atoms with Crippen LogP contribution in [0.25, 0.3) is 10.9 Å². The molecule has 18 heavy (non-hydrogen) atoms. The second kappa shape index (κ2) is 3.57. The Morgan fingerprint density at radius 2 is 1.89 bits per heavy atom. The summed E-state index contributed by atoms with van der Waals surface area (Å²) in [7, 11) is 0. The molecule has 0 saturated heterocycles. The van der Waals surface area contributed by atoms with Crippen LogP contribution < -0.4 is 5.73 Å². The number of anilines is 1. The van der Waals surface area contributed by atoms with Crippen molar-refractivity contribution >= 4 is 16.9 Å². The maximum Gasteiger partial charge on any atom is 0.434 e. The number of halogens is 3. The molecule has 0 bridgehead atoms. The minimum absolute atomic E-state index is 0.0288. The molecule has 94 valence electrons. The van der Waals surface area contributed by atoms with Crippen molar-refractivity contribution < 1.29 is 13.2 Å². The highest BCUT2D eigenvalue weighted by atomic mass is 19.4. The number of hydrogen-bond acceptors (Lipinski definition) is 3. The Morgan fingerprint density at radius 3 is 2.50 bits per heavy atom. The van der Waals surface area contributed by atoms with E-state index < -0.39 is 11.9 Å². The third kappa shape index (κ3) is 1.87. The molecule has 0 aliphatic heterocycles. The highest BCUT2D eigenvalue weighted by molar-refractivity contribution is 5.83. The van der Waals surface area contributed by atoms with Crippen LogP contribution in [0.5, 0.6) is 0 Å². The number of benzene rings is 1. The van der Waals surface area contributed by atoms with Gasteiger partial charge in [-0.3, -0.25) is 0 Å². The van der Waals surface area contributed by atoms with E-state index in [9.17, 15) is 13.2 Å².